The van der Waals surface area contributed by atoms with Crippen molar-refractivity contribution in [3.05, 3.63) is 70.3 Å². The van der Waals surface area contributed by atoms with Gasteiger partial charge in [-0.25, -0.2) is 4.79 Å². The maximum Gasteiger partial charge on any atom is 0.337 e. The molecule has 0 aromatic heterocycles. The summed E-state index contributed by atoms with van der Waals surface area (Å²) in [7, 11) is 1.80. The van der Waals surface area contributed by atoms with Crippen molar-refractivity contribution in [1.29, 1.82) is 0 Å². The molecule has 0 bridgehead atoms. The van der Waals surface area contributed by atoms with Crippen LogP contribution in [0.25, 0.3) is 0 Å². The number of hydrogen-bond acceptors (Lipinski definition) is 5. The first-order valence-corrected chi connectivity index (χ1v) is 13.7. The molecule has 38 heavy (non-hydrogen) atoms. The first-order chi connectivity index (χ1) is 18.2. The summed E-state index contributed by atoms with van der Waals surface area (Å²) in [5.41, 5.74) is 3.56. The smallest absolute Gasteiger partial charge is 0.337 e. The Bertz CT molecular complexity index is 1140. The molecule has 0 aliphatic carbocycles. The lowest BCUT2D eigenvalue weighted by Crippen LogP contribution is -2.30. The van der Waals surface area contributed by atoms with Gasteiger partial charge in [-0.2, -0.15) is 0 Å². The molecule has 0 saturated carbocycles. The van der Waals surface area contributed by atoms with Gasteiger partial charge < -0.3 is 24.7 Å². The molecule has 206 valence electrons. The number of nitrogens with zero attached hydrogens (tertiary/aromatic N) is 2. The highest BCUT2D eigenvalue weighted by Gasteiger charge is 2.27. The normalized spacial score (nSPS) is 16.0. The number of rotatable bonds is 12. The van der Waals surface area contributed by atoms with E-state index >= 15 is 0 Å². The summed E-state index contributed by atoms with van der Waals surface area (Å²) in [6.45, 7) is 6.35. The SMILES string of the molecule is CCCc1cc(Cl)ccc1C1COc2ccc(C(O)C(=O)O)cc2N(CCC/C=C\CCN(C)C(C)=O)C1. The molecular weight excluding hydrogens is 504 g/mol. The van der Waals surface area contributed by atoms with E-state index in [1.165, 1.54) is 11.1 Å². The number of hydrogen-bond donors (Lipinski definition) is 2. The van der Waals surface area contributed by atoms with Crippen LogP contribution in [-0.4, -0.2) is 60.3 Å². The second-order valence-corrected chi connectivity index (χ2v) is 10.3. The van der Waals surface area contributed by atoms with Gasteiger partial charge in [-0.15, -0.1) is 0 Å². The van der Waals surface area contributed by atoms with Crippen LogP contribution in [0.4, 0.5) is 5.69 Å². The molecule has 0 fully saturated rings. The number of carbonyl (C=O) groups is 2. The maximum absolute atomic E-state index is 11.4. The van der Waals surface area contributed by atoms with Crippen molar-refractivity contribution < 1.29 is 24.5 Å². The summed E-state index contributed by atoms with van der Waals surface area (Å²) in [6, 6.07) is 11.2. The highest BCUT2D eigenvalue weighted by molar-refractivity contribution is 6.30. The third-order valence-electron chi connectivity index (χ3n) is 6.95. The van der Waals surface area contributed by atoms with Crippen LogP contribution in [0.1, 0.15) is 68.2 Å². The number of aryl methyl sites for hydroxylation is 1. The summed E-state index contributed by atoms with van der Waals surface area (Å²) in [5, 5.41) is 20.2. The Kier molecular flexibility index (Phi) is 11.0. The van der Waals surface area contributed by atoms with Crippen LogP contribution in [-0.2, 0) is 16.0 Å². The number of unbranched alkanes of at least 4 members (excludes halogenated alkanes) is 1. The van der Waals surface area contributed by atoms with Crippen molar-refractivity contribution in [1.82, 2.24) is 4.90 Å². The van der Waals surface area contributed by atoms with Gasteiger partial charge in [0.1, 0.15) is 5.75 Å². The van der Waals surface area contributed by atoms with E-state index in [-0.39, 0.29) is 11.8 Å². The molecule has 2 N–H and O–H groups in total. The molecule has 8 heteroatoms. The van der Waals surface area contributed by atoms with E-state index < -0.39 is 12.1 Å². The number of amides is 1. The van der Waals surface area contributed by atoms with Crippen LogP contribution in [0, 0.1) is 0 Å². The summed E-state index contributed by atoms with van der Waals surface area (Å²) >= 11 is 6.31. The van der Waals surface area contributed by atoms with Gasteiger partial charge in [0.2, 0.25) is 5.91 Å². The third-order valence-corrected chi connectivity index (χ3v) is 7.19. The van der Waals surface area contributed by atoms with E-state index in [2.05, 4.69) is 30.0 Å². The van der Waals surface area contributed by atoms with Gasteiger partial charge in [0, 0.05) is 44.5 Å². The number of ether oxygens (including phenoxy) is 1. The molecule has 2 atom stereocenters. The zero-order valence-corrected chi connectivity index (χ0v) is 23.3. The second kappa shape index (κ2) is 14.2. The fourth-order valence-corrected chi connectivity index (χ4v) is 4.94. The van der Waals surface area contributed by atoms with E-state index in [1.807, 2.05) is 12.1 Å². The maximum atomic E-state index is 11.4. The summed E-state index contributed by atoms with van der Waals surface area (Å²) in [5.74, 6) is -0.436. The van der Waals surface area contributed by atoms with Gasteiger partial charge in [0.25, 0.3) is 0 Å². The summed E-state index contributed by atoms with van der Waals surface area (Å²) in [4.78, 5) is 26.7. The average Bonchev–Trinajstić information content (AvgIpc) is 3.06. The van der Waals surface area contributed by atoms with Gasteiger partial charge >= 0.3 is 5.97 Å². The Hall–Kier alpha value is -3.03. The molecule has 1 heterocycles. The Labute approximate surface area is 230 Å². The van der Waals surface area contributed by atoms with Crippen molar-refractivity contribution in [2.45, 2.75) is 58.0 Å². The minimum Gasteiger partial charge on any atom is -0.491 e. The Morgan fingerprint density at radius 1 is 1.21 bits per heavy atom. The third kappa shape index (κ3) is 7.98. The van der Waals surface area contributed by atoms with Crippen LogP contribution in [0.3, 0.4) is 0 Å². The minimum absolute atomic E-state index is 0.0603. The second-order valence-electron chi connectivity index (χ2n) is 9.86. The number of allylic oxidation sites excluding steroid dienone is 1. The van der Waals surface area contributed by atoms with Gasteiger partial charge in [-0.1, -0.05) is 49.2 Å². The Morgan fingerprint density at radius 2 is 1.97 bits per heavy atom. The minimum atomic E-state index is -1.59. The fourth-order valence-electron chi connectivity index (χ4n) is 4.74. The average molecular weight is 543 g/mol. The molecule has 3 rings (SSSR count). The first kappa shape index (κ1) is 29.5. The standard InChI is InChI=1S/C30H39ClN2O5/c1-4-10-22-17-25(31)12-13-26(22)24-19-33(16-9-7-5-6-8-15-32(3)21(2)34)27-18-23(29(35)30(36)37)11-14-28(27)38-20-24/h5-6,11-14,17-18,24,29,35H,4,7-10,15-16,19-20H2,1-3H3,(H,36,37)/b6-5-. The van der Waals surface area contributed by atoms with Crippen molar-refractivity contribution in [3.63, 3.8) is 0 Å². The van der Waals surface area contributed by atoms with Crippen molar-refractivity contribution in [2.24, 2.45) is 0 Å². The van der Waals surface area contributed by atoms with Crippen LogP contribution < -0.4 is 9.64 Å². The largest absolute Gasteiger partial charge is 0.491 e. The number of carboxylic acids is 1. The fraction of sp³-hybridized carbons (Fsp3) is 0.467. The number of aliphatic hydroxyl groups excluding tert-OH is 1. The lowest BCUT2D eigenvalue weighted by atomic mass is 9.92. The van der Waals surface area contributed by atoms with Crippen molar-refractivity contribution >= 4 is 29.2 Å². The predicted octanol–water partition coefficient (Wildman–Crippen LogP) is 5.60. The van der Waals surface area contributed by atoms with E-state index in [4.69, 9.17) is 16.3 Å². The molecule has 0 radical (unpaired) electrons. The summed E-state index contributed by atoms with van der Waals surface area (Å²) in [6.07, 6.45) is 7.17. The summed E-state index contributed by atoms with van der Waals surface area (Å²) < 4.78 is 6.26. The van der Waals surface area contributed by atoms with Crippen molar-refractivity contribution in [3.8, 4) is 5.75 Å². The lowest BCUT2D eigenvalue weighted by Gasteiger charge is -2.28. The Balaban J connectivity index is 1.80. The van der Waals surface area contributed by atoms with Crippen LogP contribution >= 0.6 is 11.6 Å². The van der Waals surface area contributed by atoms with E-state index in [0.29, 0.717) is 31.0 Å². The van der Waals surface area contributed by atoms with Gasteiger partial charge in [-0.05, 0) is 66.6 Å². The number of benzene rings is 2. The quantitative estimate of drug-likeness (QED) is 0.268. The molecular formula is C30H39ClN2O5. The molecule has 0 spiro atoms. The number of anilines is 1. The van der Waals surface area contributed by atoms with Crippen LogP contribution in [0.2, 0.25) is 5.02 Å². The predicted molar refractivity (Wildman–Crippen MR) is 151 cm³/mol. The number of carbonyl (C=O) groups excluding carboxylic acids is 1. The van der Waals surface area contributed by atoms with Gasteiger partial charge in [0.15, 0.2) is 6.10 Å². The highest BCUT2D eigenvalue weighted by Crippen LogP contribution is 2.38. The number of aliphatic carboxylic acids is 1. The molecule has 1 amide bonds. The molecule has 0 saturated heterocycles. The zero-order chi connectivity index (χ0) is 27.7. The molecule has 2 aromatic rings. The van der Waals surface area contributed by atoms with E-state index in [0.717, 1.165) is 49.4 Å². The molecule has 2 unspecified atom stereocenters. The van der Waals surface area contributed by atoms with Crippen molar-refractivity contribution in [2.75, 3.05) is 38.2 Å². The number of halogens is 1. The first-order valence-electron chi connectivity index (χ1n) is 13.3. The Morgan fingerprint density at radius 3 is 2.68 bits per heavy atom. The number of carboxylic acid groups (broad SMARTS) is 1. The van der Waals surface area contributed by atoms with Gasteiger partial charge in [0.05, 0.1) is 12.3 Å². The lowest BCUT2D eigenvalue weighted by molar-refractivity contribution is -0.147. The monoisotopic (exact) mass is 542 g/mol. The molecule has 7 nitrogen and oxygen atoms in total. The van der Waals surface area contributed by atoms with Crippen LogP contribution in [0.5, 0.6) is 5.75 Å². The molecule has 1 aliphatic heterocycles. The zero-order valence-electron chi connectivity index (χ0n) is 22.5. The number of aliphatic hydroxyl groups is 1. The molecule has 2 aromatic carbocycles. The van der Waals surface area contributed by atoms with Crippen LogP contribution in [0.15, 0.2) is 48.6 Å². The number of fused-ring (bicyclic) bond motifs is 1. The van der Waals surface area contributed by atoms with E-state index in [1.54, 1.807) is 37.1 Å². The van der Waals surface area contributed by atoms with Gasteiger partial charge in [-0.3, -0.25) is 4.79 Å². The topological polar surface area (TPSA) is 90.3 Å². The van der Waals surface area contributed by atoms with E-state index in [9.17, 15) is 19.8 Å². The molecule has 1 aliphatic rings. The highest BCUT2D eigenvalue weighted by atomic mass is 35.5.